The number of aromatic nitrogens is 1. The first-order valence-electron chi connectivity index (χ1n) is 7.65. The van der Waals surface area contributed by atoms with Crippen LogP contribution in [0, 0.1) is 22.7 Å². The second-order valence-electron chi connectivity index (χ2n) is 6.19. The van der Waals surface area contributed by atoms with E-state index in [1.165, 1.54) is 0 Å². The van der Waals surface area contributed by atoms with Crippen molar-refractivity contribution in [3.8, 4) is 23.3 Å². The first kappa shape index (κ1) is 17.3. The third-order valence-electron chi connectivity index (χ3n) is 4.34. The van der Waals surface area contributed by atoms with Crippen LogP contribution in [0.2, 0.25) is 0 Å². The molecule has 2 aromatic rings. The molecule has 0 saturated heterocycles. The molecule has 0 aliphatic heterocycles. The number of carboxylic acids is 1. The highest BCUT2D eigenvalue weighted by Crippen LogP contribution is 2.34. The molecule has 0 unspecified atom stereocenters. The lowest BCUT2D eigenvalue weighted by Crippen LogP contribution is -2.13. The van der Waals surface area contributed by atoms with Gasteiger partial charge in [-0.2, -0.15) is 10.5 Å². The van der Waals surface area contributed by atoms with Gasteiger partial charge in [-0.15, -0.1) is 0 Å². The van der Waals surface area contributed by atoms with Crippen LogP contribution in [0.25, 0.3) is 11.1 Å². The third-order valence-corrected chi connectivity index (χ3v) is 4.34. The minimum atomic E-state index is -1.06. The normalized spacial score (nSPS) is 10.9. The van der Waals surface area contributed by atoms with Gasteiger partial charge < -0.3 is 9.67 Å². The molecule has 1 heterocycles. The summed E-state index contributed by atoms with van der Waals surface area (Å²) in [5, 5.41) is 28.3. The van der Waals surface area contributed by atoms with Crippen molar-refractivity contribution in [2.75, 3.05) is 0 Å². The molecule has 5 heteroatoms. The summed E-state index contributed by atoms with van der Waals surface area (Å²) in [7, 11) is 1.67. The third kappa shape index (κ3) is 2.66. The lowest BCUT2D eigenvalue weighted by atomic mass is 9.85. The van der Waals surface area contributed by atoms with Crippen LogP contribution in [-0.2, 0) is 18.9 Å². The summed E-state index contributed by atoms with van der Waals surface area (Å²) in [4.78, 5) is 11.7. The Bertz CT molecular complexity index is 875. The zero-order valence-electron chi connectivity index (χ0n) is 14.2. The average Bonchev–Trinajstić information content (AvgIpc) is 2.86. The first-order chi connectivity index (χ1) is 11.3. The van der Waals surface area contributed by atoms with Crippen molar-refractivity contribution in [3.63, 3.8) is 0 Å². The number of rotatable bonds is 4. The molecule has 0 saturated carbocycles. The van der Waals surface area contributed by atoms with Gasteiger partial charge in [0, 0.05) is 18.3 Å². The number of aromatic carboxylic acids is 1. The van der Waals surface area contributed by atoms with Crippen molar-refractivity contribution in [2.24, 2.45) is 7.05 Å². The van der Waals surface area contributed by atoms with E-state index < -0.39 is 11.4 Å². The molecule has 24 heavy (non-hydrogen) atoms. The molecule has 1 aromatic heterocycles. The van der Waals surface area contributed by atoms with Gasteiger partial charge in [-0.3, -0.25) is 0 Å². The molecule has 2 rings (SSSR count). The maximum Gasteiger partial charge on any atom is 0.353 e. The van der Waals surface area contributed by atoms with E-state index in [0.717, 1.165) is 5.56 Å². The number of benzene rings is 1. The van der Waals surface area contributed by atoms with E-state index in [1.807, 2.05) is 32.9 Å². The largest absolute Gasteiger partial charge is 0.477 e. The quantitative estimate of drug-likeness (QED) is 0.931. The molecule has 0 aliphatic rings. The Balaban J connectivity index is 2.72. The lowest BCUT2D eigenvalue weighted by Gasteiger charge is -2.16. The first-order valence-corrected chi connectivity index (χ1v) is 7.65. The molecule has 122 valence electrons. The zero-order valence-corrected chi connectivity index (χ0v) is 14.2. The summed E-state index contributed by atoms with van der Waals surface area (Å²) in [6.07, 6.45) is 0.569. The SMILES string of the molecule is CCc1c(C#N)c(-c2ccc(C(C)(C)C#N)cc2)c(C(=O)O)n1C. The molecule has 5 nitrogen and oxygen atoms in total. The fraction of sp³-hybridized carbons (Fsp3) is 0.316. The van der Waals surface area contributed by atoms with Crippen molar-refractivity contribution >= 4 is 5.97 Å². The number of hydrogen-bond donors (Lipinski definition) is 1. The highest BCUT2D eigenvalue weighted by Gasteiger charge is 2.26. The summed E-state index contributed by atoms with van der Waals surface area (Å²) in [5.74, 6) is -1.06. The minimum Gasteiger partial charge on any atom is -0.477 e. The maximum absolute atomic E-state index is 11.7. The molecule has 0 bridgehead atoms. The second kappa shape index (κ2) is 6.22. The van der Waals surface area contributed by atoms with Crippen LogP contribution in [0.3, 0.4) is 0 Å². The molecule has 1 N–H and O–H groups in total. The number of nitrogens with zero attached hydrogens (tertiary/aromatic N) is 3. The predicted octanol–water partition coefficient (Wildman–Crippen LogP) is 3.63. The molecule has 0 amide bonds. The van der Waals surface area contributed by atoms with Crippen molar-refractivity contribution < 1.29 is 9.90 Å². The smallest absolute Gasteiger partial charge is 0.353 e. The van der Waals surface area contributed by atoms with Crippen LogP contribution >= 0.6 is 0 Å². The number of carbonyl (C=O) groups is 1. The van der Waals surface area contributed by atoms with Crippen LogP contribution in [0.5, 0.6) is 0 Å². The van der Waals surface area contributed by atoms with Crippen molar-refractivity contribution in [3.05, 3.63) is 46.8 Å². The molecule has 0 aliphatic carbocycles. The highest BCUT2D eigenvalue weighted by atomic mass is 16.4. The van der Waals surface area contributed by atoms with Crippen molar-refractivity contribution in [2.45, 2.75) is 32.6 Å². The number of nitriles is 2. The van der Waals surface area contributed by atoms with E-state index in [4.69, 9.17) is 0 Å². The summed E-state index contributed by atoms with van der Waals surface area (Å²) in [6, 6.07) is 11.6. The number of carboxylic acid groups (broad SMARTS) is 1. The Morgan fingerprint density at radius 2 is 1.83 bits per heavy atom. The van der Waals surface area contributed by atoms with Gasteiger partial charge in [0.1, 0.15) is 11.8 Å². The number of hydrogen-bond acceptors (Lipinski definition) is 3. The highest BCUT2D eigenvalue weighted by molar-refractivity contribution is 5.97. The van der Waals surface area contributed by atoms with Crippen LogP contribution in [0.4, 0.5) is 0 Å². The van der Waals surface area contributed by atoms with Gasteiger partial charge in [-0.1, -0.05) is 31.2 Å². The van der Waals surface area contributed by atoms with Gasteiger partial charge in [0.05, 0.1) is 17.0 Å². The van der Waals surface area contributed by atoms with Crippen molar-refractivity contribution in [1.29, 1.82) is 10.5 Å². The van der Waals surface area contributed by atoms with E-state index in [2.05, 4.69) is 12.1 Å². The predicted molar refractivity (Wildman–Crippen MR) is 90.5 cm³/mol. The average molecular weight is 321 g/mol. The topological polar surface area (TPSA) is 89.8 Å². The fourth-order valence-electron chi connectivity index (χ4n) is 2.92. The van der Waals surface area contributed by atoms with Crippen LogP contribution < -0.4 is 0 Å². The zero-order chi connectivity index (χ0) is 18.1. The monoisotopic (exact) mass is 321 g/mol. The second-order valence-corrected chi connectivity index (χ2v) is 6.19. The van der Waals surface area contributed by atoms with Gasteiger partial charge in [0.2, 0.25) is 0 Å². The van der Waals surface area contributed by atoms with Gasteiger partial charge in [0.25, 0.3) is 0 Å². The van der Waals surface area contributed by atoms with Gasteiger partial charge in [-0.25, -0.2) is 4.79 Å². The molecular weight excluding hydrogens is 302 g/mol. The van der Waals surface area contributed by atoms with Gasteiger partial charge in [-0.05, 0) is 31.4 Å². The van der Waals surface area contributed by atoms with Gasteiger partial charge in [0.15, 0.2) is 0 Å². The molecule has 0 radical (unpaired) electrons. The van der Waals surface area contributed by atoms with E-state index in [0.29, 0.717) is 28.8 Å². The van der Waals surface area contributed by atoms with E-state index >= 15 is 0 Å². The van der Waals surface area contributed by atoms with E-state index in [9.17, 15) is 20.4 Å². The fourth-order valence-corrected chi connectivity index (χ4v) is 2.92. The summed E-state index contributed by atoms with van der Waals surface area (Å²) >= 11 is 0. The standard InChI is InChI=1S/C19H19N3O2/c1-5-15-14(10-20)16(17(18(23)24)22(15)4)12-6-8-13(9-7-12)19(2,3)11-21/h6-9H,5H2,1-4H3,(H,23,24). The lowest BCUT2D eigenvalue weighted by molar-refractivity contribution is 0.0687. The van der Waals surface area contributed by atoms with Crippen molar-refractivity contribution in [1.82, 2.24) is 4.57 Å². The Morgan fingerprint density at radius 1 is 1.25 bits per heavy atom. The van der Waals surface area contributed by atoms with E-state index in [1.54, 1.807) is 23.7 Å². The maximum atomic E-state index is 11.7. The molecule has 0 spiro atoms. The summed E-state index contributed by atoms with van der Waals surface area (Å²) in [5.41, 5.74) is 2.52. The molecule has 0 fully saturated rings. The van der Waals surface area contributed by atoms with Crippen LogP contribution in [0.15, 0.2) is 24.3 Å². The minimum absolute atomic E-state index is 0.107. The van der Waals surface area contributed by atoms with Gasteiger partial charge >= 0.3 is 5.97 Å². The Labute approximate surface area is 141 Å². The Kier molecular flexibility index (Phi) is 4.48. The molecular formula is C19H19N3O2. The Morgan fingerprint density at radius 3 is 2.25 bits per heavy atom. The Hall–Kier alpha value is -3.05. The molecule has 0 atom stereocenters. The summed E-state index contributed by atoms with van der Waals surface area (Å²) < 4.78 is 1.57. The molecule has 1 aromatic carbocycles. The summed E-state index contributed by atoms with van der Waals surface area (Å²) in [6.45, 7) is 5.54. The van der Waals surface area contributed by atoms with Crippen LogP contribution in [0.1, 0.15) is 48.1 Å². The van der Waals surface area contributed by atoms with E-state index in [-0.39, 0.29) is 5.69 Å². The van der Waals surface area contributed by atoms with Crippen LogP contribution in [-0.4, -0.2) is 15.6 Å².